The molecule has 2 aromatic rings. The molecular formula is C28H37N6O4+. The van der Waals surface area contributed by atoms with Crippen LogP contribution in [0.15, 0.2) is 35.3 Å². The van der Waals surface area contributed by atoms with Gasteiger partial charge in [0.05, 0.1) is 12.2 Å². The summed E-state index contributed by atoms with van der Waals surface area (Å²) in [6.07, 6.45) is 7.32. The molecule has 10 nitrogen and oxygen atoms in total. The Morgan fingerprint density at radius 3 is 2.71 bits per heavy atom. The summed E-state index contributed by atoms with van der Waals surface area (Å²) >= 11 is 0. The molecule has 1 aliphatic heterocycles. The summed E-state index contributed by atoms with van der Waals surface area (Å²) in [4.78, 5) is 36.3. The quantitative estimate of drug-likeness (QED) is 0.189. The number of amides is 2. The maximum absolute atomic E-state index is 13.0. The van der Waals surface area contributed by atoms with E-state index in [0.717, 1.165) is 25.7 Å². The molecule has 1 aliphatic carbocycles. The molecule has 1 saturated heterocycles. The molecule has 2 heterocycles. The molecule has 1 aromatic carbocycles. The van der Waals surface area contributed by atoms with E-state index >= 15 is 0 Å². The highest BCUT2D eigenvalue weighted by molar-refractivity contribution is 6.05. The number of carbonyl (C=O) groups is 2. The summed E-state index contributed by atoms with van der Waals surface area (Å²) in [5.74, 6) is 1.13. The summed E-state index contributed by atoms with van der Waals surface area (Å²) in [6.45, 7) is 5.24. The third-order valence-electron chi connectivity index (χ3n) is 6.97. The van der Waals surface area contributed by atoms with Gasteiger partial charge in [-0.1, -0.05) is 6.07 Å². The van der Waals surface area contributed by atoms with Crippen molar-refractivity contribution in [1.29, 1.82) is 0 Å². The summed E-state index contributed by atoms with van der Waals surface area (Å²) in [6, 6.07) is 9.03. The highest BCUT2D eigenvalue weighted by atomic mass is 16.5. The van der Waals surface area contributed by atoms with E-state index in [4.69, 9.17) is 14.9 Å². The van der Waals surface area contributed by atoms with Gasteiger partial charge >= 0.3 is 5.75 Å². The number of methoxy groups -OCH3 is 1. The second-order valence-corrected chi connectivity index (χ2v) is 9.74. The van der Waals surface area contributed by atoms with E-state index in [2.05, 4.69) is 27.5 Å². The van der Waals surface area contributed by atoms with Crippen LogP contribution in [0, 0.1) is 5.92 Å². The Kier molecular flexibility index (Phi) is 9.06. The van der Waals surface area contributed by atoms with E-state index in [1.807, 2.05) is 11.0 Å². The van der Waals surface area contributed by atoms with Crippen molar-refractivity contribution in [3.05, 3.63) is 41.6 Å². The molecule has 202 valence electrons. The first kappa shape index (κ1) is 27.3. The summed E-state index contributed by atoms with van der Waals surface area (Å²) in [5.41, 5.74) is 7.92. The molecule has 1 saturated carbocycles. The van der Waals surface area contributed by atoms with Gasteiger partial charge in [-0.2, -0.15) is 0 Å². The number of rotatable bonds is 10. The predicted molar refractivity (Wildman–Crippen MR) is 149 cm³/mol. The number of hydrogen-bond acceptors (Lipinski definition) is 7. The van der Waals surface area contributed by atoms with Crippen molar-refractivity contribution in [3.63, 3.8) is 0 Å². The van der Waals surface area contributed by atoms with Crippen LogP contribution in [0.4, 0.5) is 17.2 Å². The minimum Gasteiger partial charge on any atom is -0.398 e. The largest absolute Gasteiger partial charge is 0.398 e. The average molecular weight is 522 g/mol. The zero-order valence-corrected chi connectivity index (χ0v) is 22.3. The lowest BCUT2D eigenvalue weighted by Gasteiger charge is -2.34. The third kappa shape index (κ3) is 7.16. The molecule has 2 fully saturated rings. The maximum Gasteiger partial charge on any atom is 0.377 e. The summed E-state index contributed by atoms with van der Waals surface area (Å²) in [5, 5.41) is 6.16. The molecule has 4 rings (SSSR count). The second-order valence-electron chi connectivity index (χ2n) is 9.74. The van der Waals surface area contributed by atoms with Crippen molar-refractivity contribution in [1.82, 2.24) is 9.88 Å². The number of nitrogens with two attached hydrogens (primary N) is 1. The number of nitrogen functional groups attached to an aromatic ring is 1. The van der Waals surface area contributed by atoms with Gasteiger partial charge < -0.3 is 26.0 Å². The number of anilines is 3. The lowest BCUT2D eigenvalue weighted by atomic mass is 9.92. The van der Waals surface area contributed by atoms with Crippen LogP contribution in [0.2, 0.25) is 0 Å². The highest BCUT2D eigenvalue weighted by Gasteiger charge is 2.26. The summed E-state index contributed by atoms with van der Waals surface area (Å²) in [7, 11) is 1.72. The van der Waals surface area contributed by atoms with Crippen molar-refractivity contribution in [2.75, 3.05) is 43.1 Å². The third-order valence-corrected chi connectivity index (χ3v) is 6.97. The van der Waals surface area contributed by atoms with Crippen molar-refractivity contribution >= 4 is 41.5 Å². The fraction of sp³-hybridized carbons (Fsp3) is 0.464. The molecular weight excluding hydrogens is 484 g/mol. The van der Waals surface area contributed by atoms with Gasteiger partial charge in [-0.3, -0.25) is 14.6 Å². The Morgan fingerprint density at radius 1 is 1.26 bits per heavy atom. The average Bonchev–Trinajstić information content (AvgIpc) is 3.74. The number of nitrogens with one attached hydrogen (secondary N) is 2. The summed E-state index contributed by atoms with van der Waals surface area (Å²) < 4.78 is 11.0. The molecule has 0 radical (unpaired) electrons. The van der Waals surface area contributed by atoms with Crippen LogP contribution in [0.3, 0.4) is 0 Å². The fourth-order valence-electron chi connectivity index (χ4n) is 4.44. The highest BCUT2D eigenvalue weighted by Crippen LogP contribution is 2.31. The van der Waals surface area contributed by atoms with Crippen LogP contribution in [-0.2, 0) is 14.0 Å². The number of pyridine rings is 1. The number of hydrogen-bond donors (Lipinski definition) is 3. The smallest absolute Gasteiger partial charge is 0.377 e. The number of nitrogens with zero attached hydrogens (tertiary/aromatic N) is 3. The van der Waals surface area contributed by atoms with Crippen molar-refractivity contribution in [2.24, 2.45) is 10.9 Å². The number of aliphatic imine (C=N–C) groups is 1. The molecule has 1 atom stereocenters. The van der Waals surface area contributed by atoms with E-state index in [9.17, 15) is 9.59 Å². The van der Waals surface area contributed by atoms with Crippen LogP contribution in [-0.4, -0.2) is 73.1 Å². The SMILES string of the molecule is CC=[O+]c1cc(N)c(C=NCC(=O)N2CCC(C(C)OC)CC2)cc1NC(=O)c1cccc(NC2CC2)n1. The van der Waals surface area contributed by atoms with E-state index in [-0.39, 0.29) is 30.2 Å². The fourth-order valence-corrected chi connectivity index (χ4v) is 4.44. The number of piperidine rings is 1. The normalized spacial score (nSPS) is 17.2. The van der Waals surface area contributed by atoms with Gasteiger partial charge in [0.1, 0.15) is 23.7 Å². The number of carbonyl (C=O) groups excluding carboxylic acids is 3. The lowest BCUT2D eigenvalue weighted by molar-refractivity contribution is -0.359. The van der Waals surface area contributed by atoms with Crippen molar-refractivity contribution in [2.45, 2.75) is 51.7 Å². The maximum atomic E-state index is 13.0. The van der Waals surface area contributed by atoms with Crippen LogP contribution in [0.1, 0.15) is 55.6 Å². The number of aromatic nitrogens is 1. The topological polar surface area (TPSA) is 133 Å². The molecule has 1 aromatic heterocycles. The van der Waals surface area contributed by atoms with Gasteiger partial charge in [0.2, 0.25) is 5.91 Å². The minimum absolute atomic E-state index is 0.0248. The van der Waals surface area contributed by atoms with Crippen LogP contribution >= 0.6 is 0 Å². The Bertz CT molecular complexity index is 1200. The van der Waals surface area contributed by atoms with Crippen molar-refractivity contribution < 1.29 is 18.8 Å². The number of benzene rings is 1. The molecule has 38 heavy (non-hydrogen) atoms. The molecule has 0 spiro atoms. The number of aldehydes is 1. The van der Waals surface area contributed by atoms with Gasteiger partial charge in [0.15, 0.2) is 0 Å². The Hall–Kier alpha value is -3.79. The molecule has 2 aliphatic rings. The Morgan fingerprint density at radius 2 is 2.03 bits per heavy atom. The van der Waals surface area contributed by atoms with Gasteiger partial charge in [0.25, 0.3) is 12.2 Å². The van der Waals surface area contributed by atoms with Gasteiger partial charge in [0, 0.05) is 50.6 Å². The first-order valence-corrected chi connectivity index (χ1v) is 13.1. The molecule has 1 unspecified atom stereocenters. The zero-order valence-electron chi connectivity index (χ0n) is 22.3. The van der Waals surface area contributed by atoms with Crippen LogP contribution in [0.5, 0.6) is 5.75 Å². The molecule has 4 N–H and O–H groups in total. The van der Waals surface area contributed by atoms with Gasteiger partial charge in [-0.15, -0.1) is 0 Å². The van der Waals surface area contributed by atoms with E-state index in [0.29, 0.717) is 53.6 Å². The Balaban J connectivity index is 1.42. The van der Waals surface area contributed by atoms with Gasteiger partial charge in [-0.05, 0) is 56.7 Å². The predicted octanol–water partition coefficient (Wildman–Crippen LogP) is 3.65. The molecule has 0 bridgehead atoms. The molecule has 2 amide bonds. The second kappa shape index (κ2) is 12.6. The van der Waals surface area contributed by atoms with E-state index < -0.39 is 0 Å². The first-order chi connectivity index (χ1) is 18.4. The van der Waals surface area contributed by atoms with Crippen LogP contribution < -0.4 is 16.4 Å². The van der Waals surface area contributed by atoms with Crippen molar-refractivity contribution in [3.8, 4) is 5.75 Å². The zero-order chi connectivity index (χ0) is 27.1. The lowest BCUT2D eigenvalue weighted by Crippen LogP contribution is -2.42. The van der Waals surface area contributed by atoms with Gasteiger partial charge in [-0.25, -0.2) is 9.41 Å². The first-order valence-electron chi connectivity index (χ1n) is 13.1. The minimum atomic E-state index is -0.376. The molecule has 10 heteroatoms. The monoisotopic (exact) mass is 521 g/mol. The van der Waals surface area contributed by atoms with E-state index in [1.54, 1.807) is 44.5 Å². The number of likely N-dealkylation sites (tertiary alicyclic amines) is 1. The Labute approximate surface area is 223 Å². The van der Waals surface area contributed by atoms with Crippen LogP contribution in [0.25, 0.3) is 0 Å². The van der Waals surface area contributed by atoms with E-state index in [1.165, 1.54) is 6.29 Å². The number of ether oxygens (including phenoxy) is 1. The standard InChI is InChI=1S/C28H36N6O4/c1-4-38-25-15-22(29)20(16-30-17-27(35)34-12-10-19(11-13-34)18(2)37-3)14-24(25)33-28(36)23-6-5-7-26(32-23)31-21-8-9-21/h4-7,14-16,18-19,21H,8-13,17H2,1-3H3,(H3-,29,30,31,32,33,36)/p+1.